The Balaban J connectivity index is 2.23. The van der Waals surface area contributed by atoms with Gasteiger partial charge in [-0.1, -0.05) is 11.6 Å². The smallest absolute Gasteiger partial charge is 0.172 e. The van der Waals surface area contributed by atoms with E-state index in [9.17, 15) is 4.79 Å². The van der Waals surface area contributed by atoms with E-state index in [1.807, 2.05) is 12.3 Å². The predicted octanol–water partition coefficient (Wildman–Crippen LogP) is 3.54. The summed E-state index contributed by atoms with van der Waals surface area (Å²) in [5.41, 5.74) is 1.33. The SMILES string of the molecule is COc1cc(Cl)ccc1C(=O)Cc1csc(C)n1. The fraction of sp³-hybridized carbons (Fsp3) is 0.231. The van der Waals surface area contributed by atoms with Gasteiger partial charge < -0.3 is 4.74 Å². The van der Waals surface area contributed by atoms with E-state index in [4.69, 9.17) is 16.3 Å². The van der Waals surface area contributed by atoms with Gasteiger partial charge in [0.15, 0.2) is 5.78 Å². The second-order valence-corrected chi connectivity index (χ2v) is 5.30. The first-order chi connectivity index (χ1) is 8.60. The molecule has 0 radical (unpaired) electrons. The van der Waals surface area contributed by atoms with Crippen LogP contribution in [0.4, 0.5) is 0 Å². The topological polar surface area (TPSA) is 39.2 Å². The maximum Gasteiger partial charge on any atom is 0.172 e. The highest BCUT2D eigenvalue weighted by molar-refractivity contribution is 7.09. The standard InChI is InChI=1S/C13H12ClNO2S/c1-8-15-10(7-18-8)6-12(16)11-4-3-9(14)5-13(11)17-2/h3-5,7H,6H2,1-2H3. The van der Waals surface area contributed by atoms with Crippen LogP contribution in [-0.4, -0.2) is 17.9 Å². The molecule has 2 aromatic rings. The molecule has 0 saturated heterocycles. The first-order valence-electron chi connectivity index (χ1n) is 5.38. The lowest BCUT2D eigenvalue weighted by atomic mass is 10.1. The number of ether oxygens (including phenoxy) is 1. The third-order valence-electron chi connectivity index (χ3n) is 2.47. The van der Waals surface area contributed by atoms with E-state index < -0.39 is 0 Å². The van der Waals surface area contributed by atoms with Crippen LogP contribution in [0, 0.1) is 6.92 Å². The van der Waals surface area contributed by atoms with Gasteiger partial charge in [0.25, 0.3) is 0 Å². The largest absolute Gasteiger partial charge is 0.496 e. The summed E-state index contributed by atoms with van der Waals surface area (Å²) >= 11 is 7.40. The Kier molecular flexibility index (Phi) is 3.99. The Labute approximate surface area is 114 Å². The molecule has 0 saturated carbocycles. The number of carbonyl (C=O) groups excluding carboxylic acids is 1. The second kappa shape index (κ2) is 5.50. The predicted molar refractivity (Wildman–Crippen MR) is 72.9 cm³/mol. The molecule has 0 atom stereocenters. The van der Waals surface area contributed by atoms with Crippen LogP contribution >= 0.6 is 22.9 Å². The van der Waals surface area contributed by atoms with Crippen molar-refractivity contribution in [3.63, 3.8) is 0 Å². The number of Topliss-reactive ketones (excluding diaryl/α,β-unsaturated/α-hetero) is 1. The highest BCUT2D eigenvalue weighted by Gasteiger charge is 2.14. The summed E-state index contributed by atoms with van der Waals surface area (Å²) in [6.45, 7) is 1.92. The average molecular weight is 282 g/mol. The molecule has 0 unspecified atom stereocenters. The van der Waals surface area contributed by atoms with Crippen LogP contribution in [0.5, 0.6) is 5.75 Å². The first-order valence-corrected chi connectivity index (χ1v) is 6.63. The van der Waals surface area contributed by atoms with Gasteiger partial charge >= 0.3 is 0 Å². The molecule has 18 heavy (non-hydrogen) atoms. The summed E-state index contributed by atoms with van der Waals surface area (Å²) in [6, 6.07) is 5.01. The van der Waals surface area contributed by atoms with Crippen molar-refractivity contribution >= 4 is 28.7 Å². The summed E-state index contributed by atoms with van der Waals surface area (Å²) in [6.07, 6.45) is 0.280. The van der Waals surface area contributed by atoms with Crippen molar-refractivity contribution in [2.24, 2.45) is 0 Å². The van der Waals surface area contributed by atoms with E-state index >= 15 is 0 Å². The fourth-order valence-corrected chi connectivity index (χ4v) is 2.42. The Hall–Kier alpha value is -1.39. The fourth-order valence-electron chi connectivity index (χ4n) is 1.64. The zero-order valence-electron chi connectivity index (χ0n) is 10.1. The van der Waals surface area contributed by atoms with Gasteiger partial charge in [0.1, 0.15) is 5.75 Å². The van der Waals surface area contributed by atoms with E-state index in [1.165, 1.54) is 18.4 Å². The van der Waals surface area contributed by atoms with Crippen molar-refractivity contribution in [2.45, 2.75) is 13.3 Å². The molecule has 1 heterocycles. The first kappa shape index (κ1) is 13.1. The van der Waals surface area contributed by atoms with Crippen LogP contribution in [0.15, 0.2) is 23.6 Å². The molecule has 0 N–H and O–H groups in total. The molecule has 0 amide bonds. The number of halogens is 1. The lowest BCUT2D eigenvalue weighted by molar-refractivity contribution is 0.0989. The van der Waals surface area contributed by atoms with Crippen molar-refractivity contribution in [1.82, 2.24) is 4.98 Å². The molecule has 0 aliphatic rings. The number of ketones is 1. The molecule has 0 bridgehead atoms. The minimum absolute atomic E-state index is 0.0196. The van der Waals surface area contributed by atoms with Gasteiger partial charge in [-0.25, -0.2) is 4.98 Å². The molecule has 94 valence electrons. The molecular formula is C13H12ClNO2S. The van der Waals surface area contributed by atoms with Crippen LogP contribution in [0.1, 0.15) is 21.1 Å². The van der Waals surface area contributed by atoms with E-state index in [-0.39, 0.29) is 12.2 Å². The normalized spacial score (nSPS) is 10.4. The summed E-state index contributed by atoms with van der Waals surface area (Å²) in [5, 5.41) is 3.41. The minimum atomic E-state index is -0.0196. The van der Waals surface area contributed by atoms with Crippen molar-refractivity contribution < 1.29 is 9.53 Å². The zero-order valence-corrected chi connectivity index (χ0v) is 11.6. The van der Waals surface area contributed by atoms with Crippen LogP contribution < -0.4 is 4.74 Å². The van der Waals surface area contributed by atoms with Crippen molar-refractivity contribution in [3.05, 3.63) is 44.9 Å². The Morgan fingerprint density at radius 2 is 2.28 bits per heavy atom. The number of hydrogen-bond donors (Lipinski definition) is 0. The van der Waals surface area contributed by atoms with Gasteiger partial charge in [0.2, 0.25) is 0 Å². The Morgan fingerprint density at radius 3 is 2.89 bits per heavy atom. The molecule has 3 nitrogen and oxygen atoms in total. The van der Waals surface area contributed by atoms with Gasteiger partial charge in [-0.2, -0.15) is 0 Å². The van der Waals surface area contributed by atoms with Gasteiger partial charge in [0.05, 0.1) is 29.8 Å². The number of methoxy groups -OCH3 is 1. The molecule has 5 heteroatoms. The van der Waals surface area contributed by atoms with E-state index in [0.717, 1.165) is 10.7 Å². The number of aryl methyl sites for hydroxylation is 1. The third-order valence-corrected chi connectivity index (χ3v) is 3.53. The maximum absolute atomic E-state index is 12.2. The molecule has 1 aromatic carbocycles. The number of benzene rings is 1. The van der Waals surface area contributed by atoms with Crippen molar-refractivity contribution in [1.29, 1.82) is 0 Å². The number of hydrogen-bond acceptors (Lipinski definition) is 4. The minimum Gasteiger partial charge on any atom is -0.496 e. The monoisotopic (exact) mass is 281 g/mol. The zero-order chi connectivity index (χ0) is 13.1. The Bertz CT molecular complexity index is 580. The molecule has 0 fully saturated rings. The highest BCUT2D eigenvalue weighted by atomic mass is 35.5. The van der Waals surface area contributed by atoms with Crippen LogP contribution in [-0.2, 0) is 6.42 Å². The quantitative estimate of drug-likeness (QED) is 0.805. The van der Waals surface area contributed by atoms with Crippen LogP contribution in [0.3, 0.4) is 0 Å². The lowest BCUT2D eigenvalue weighted by Crippen LogP contribution is -2.06. The summed E-state index contributed by atoms with van der Waals surface area (Å²) in [5.74, 6) is 0.480. The molecule has 0 spiro atoms. The van der Waals surface area contributed by atoms with Gasteiger partial charge in [-0.05, 0) is 25.1 Å². The van der Waals surface area contributed by atoms with E-state index in [1.54, 1.807) is 18.2 Å². The summed E-state index contributed by atoms with van der Waals surface area (Å²) < 4.78 is 5.17. The Morgan fingerprint density at radius 1 is 1.50 bits per heavy atom. The second-order valence-electron chi connectivity index (χ2n) is 3.80. The highest BCUT2D eigenvalue weighted by Crippen LogP contribution is 2.24. The molecule has 0 aliphatic heterocycles. The lowest BCUT2D eigenvalue weighted by Gasteiger charge is -2.07. The van der Waals surface area contributed by atoms with Crippen molar-refractivity contribution in [3.8, 4) is 5.75 Å². The number of thiazole rings is 1. The van der Waals surface area contributed by atoms with Gasteiger partial charge in [0, 0.05) is 10.4 Å². The maximum atomic E-state index is 12.2. The average Bonchev–Trinajstić information content (AvgIpc) is 2.74. The summed E-state index contributed by atoms with van der Waals surface area (Å²) in [4.78, 5) is 16.4. The van der Waals surface area contributed by atoms with Crippen molar-refractivity contribution in [2.75, 3.05) is 7.11 Å². The third kappa shape index (κ3) is 2.89. The van der Waals surface area contributed by atoms with Crippen LogP contribution in [0.2, 0.25) is 5.02 Å². The molecular weight excluding hydrogens is 270 g/mol. The number of rotatable bonds is 4. The molecule has 1 aromatic heterocycles. The number of carbonyl (C=O) groups is 1. The molecule has 2 rings (SSSR count). The molecule has 0 aliphatic carbocycles. The summed E-state index contributed by atoms with van der Waals surface area (Å²) in [7, 11) is 1.52. The van der Waals surface area contributed by atoms with E-state index in [2.05, 4.69) is 4.98 Å². The van der Waals surface area contributed by atoms with Gasteiger partial charge in [-0.15, -0.1) is 11.3 Å². The number of aromatic nitrogens is 1. The van der Waals surface area contributed by atoms with Crippen LogP contribution in [0.25, 0.3) is 0 Å². The van der Waals surface area contributed by atoms with E-state index in [0.29, 0.717) is 16.3 Å². The number of nitrogens with zero attached hydrogens (tertiary/aromatic N) is 1. The van der Waals surface area contributed by atoms with Gasteiger partial charge in [-0.3, -0.25) is 4.79 Å².